The molecular formula is C20H31N3O. The summed E-state index contributed by atoms with van der Waals surface area (Å²) < 4.78 is 0. The zero-order valence-corrected chi connectivity index (χ0v) is 14.9. The first-order valence-corrected chi connectivity index (χ1v) is 9.49. The summed E-state index contributed by atoms with van der Waals surface area (Å²) >= 11 is 0. The van der Waals surface area contributed by atoms with Crippen LogP contribution < -0.4 is 10.6 Å². The number of nitrogens with zero attached hydrogens (tertiary/aromatic N) is 1. The van der Waals surface area contributed by atoms with Crippen molar-refractivity contribution in [3.8, 4) is 0 Å². The summed E-state index contributed by atoms with van der Waals surface area (Å²) in [6.45, 7) is 6.95. The molecule has 1 atom stereocenters. The average Bonchev–Trinajstić information content (AvgIpc) is 3.03. The molecule has 2 aliphatic rings. The Bertz CT molecular complexity index is 525. The first-order chi connectivity index (χ1) is 11.7. The number of amides is 1. The molecule has 2 aliphatic heterocycles. The van der Waals surface area contributed by atoms with Gasteiger partial charge in [0.25, 0.3) is 0 Å². The van der Waals surface area contributed by atoms with E-state index in [1.807, 2.05) is 6.07 Å². The van der Waals surface area contributed by atoms with Gasteiger partial charge in [0.05, 0.1) is 6.04 Å². The molecule has 0 aromatic heterocycles. The van der Waals surface area contributed by atoms with E-state index in [4.69, 9.17) is 0 Å². The molecule has 3 rings (SSSR count). The van der Waals surface area contributed by atoms with E-state index in [0.717, 1.165) is 52.0 Å². The highest BCUT2D eigenvalue weighted by molar-refractivity contribution is 5.82. The monoisotopic (exact) mass is 329 g/mol. The zero-order chi connectivity index (χ0) is 16.8. The van der Waals surface area contributed by atoms with Gasteiger partial charge in [0.1, 0.15) is 0 Å². The molecule has 1 aromatic rings. The van der Waals surface area contributed by atoms with E-state index in [1.165, 1.54) is 18.4 Å². The van der Waals surface area contributed by atoms with Crippen LogP contribution in [0.1, 0.15) is 44.6 Å². The highest BCUT2D eigenvalue weighted by Gasteiger charge is 2.43. The van der Waals surface area contributed by atoms with Gasteiger partial charge in [-0.25, -0.2) is 0 Å². The molecule has 0 saturated carbocycles. The van der Waals surface area contributed by atoms with E-state index in [-0.39, 0.29) is 6.04 Å². The molecule has 2 fully saturated rings. The van der Waals surface area contributed by atoms with Gasteiger partial charge in [0.15, 0.2) is 0 Å². The molecule has 1 spiro atoms. The number of carbonyl (C=O) groups is 1. The predicted octanol–water partition coefficient (Wildman–Crippen LogP) is 2.55. The van der Waals surface area contributed by atoms with Crippen LogP contribution in [0.25, 0.3) is 0 Å². The third-order valence-corrected chi connectivity index (χ3v) is 5.63. The lowest BCUT2D eigenvalue weighted by atomic mass is 9.77. The summed E-state index contributed by atoms with van der Waals surface area (Å²) in [5.74, 6) is 0.294. The lowest BCUT2D eigenvalue weighted by Gasteiger charge is -2.33. The fourth-order valence-corrected chi connectivity index (χ4v) is 4.07. The SMILES string of the molecule is CCCCN(Cc1ccccc1)C(=O)[C@H]1CC2(CCNCC2)CN1. The van der Waals surface area contributed by atoms with Crippen LogP contribution in [-0.2, 0) is 11.3 Å². The van der Waals surface area contributed by atoms with Gasteiger partial charge >= 0.3 is 0 Å². The lowest BCUT2D eigenvalue weighted by Crippen LogP contribution is -2.43. The Hall–Kier alpha value is -1.39. The summed E-state index contributed by atoms with van der Waals surface area (Å²) in [6, 6.07) is 10.4. The standard InChI is InChI=1S/C20H31N3O/c1-2-3-13-23(15-17-7-5-4-6-8-17)19(24)18-14-20(16-22-18)9-11-21-12-10-20/h4-8,18,21-22H,2-3,9-16H2,1H3/t18-/m1/s1. The van der Waals surface area contributed by atoms with Gasteiger partial charge in [0.2, 0.25) is 5.91 Å². The average molecular weight is 329 g/mol. The molecule has 4 nitrogen and oxygen atoms in total. The summed E-state index contributed by atoms with van der Waals surface area (Å²) in [7, 11) is 0. The van der Waals surface area contributed by atoms with Crippen molar-refractivity contribution in [2.24, 2.45) is 5.41 Å². The normalized spacial score (nSPS) is 22.6. The maximum atomic E-state index is 13.1. The lowest BCUT2D eigenvalue weighted by molar-refractivity contribution is -0.134. The van der Waals surface area contributed by atoms with Crippen molar-refractivity contribution < 1.29 is 4.79 Å². The van der Waals surface area contributed by atoms with E-state index in [1.54, 1.807) is 0 Å². The van der Waals surface area contributed by atoms with Crippen molar-refractivity contribution >= 4 is 5.91 Å². The van der Waals surface area contributed by atoms with E-state index in [9.17, 15) is 4.79 Å². The van der Waals surface area contributed by atoms with Crippen LogP contribution in [0.4, 0.5) is 0 Å². The first kappa shape index (κ1) is 17.4. The van der Waals surface area contributed by atoms with Gasteiger partial charge in [-0.05, 0) is 49.8 Å². The van der Waals surface area contributed by atoms with Crippen molar-refractivity contribution in [2.45, 2.75) is 51.6 Å². The number of piperidine rings is 1. The minimum atomic E-state index is 0.00340. The first-order valence-electron chi connectivity index (χ1n) is 9.49. The smallest absolute Gasteiger partial charge is 0.240 e. The number of rotatable bonds is 6. The van der Waals surface area contributed by atoms with Crippen LogP contribution in [0.15, 0.2) is 30.3 Å². The van der Waals surface area contributed by atoms with Crippen molar-refractivity contribution in [3.05, 3.63) is 35.9 Å². The molecule has 0 radical (unpaired) electrons. The second-order valence-corrected chi connectivity index (χ2v) is 7.49. The molecule has 0 unspecified atom stereocenters. The topological polar surface area (TPSA) is 44.4 Å². The predicted molar refractivity (Wildman–Crippen MR) is 97.7 cm³/mol. The molecule has 0 aliphatic carbocycles. The van der Waals surface area contributed by atoms with E-state index < -0.39 is 0 Å². The molecule has 1 amide bonds. The fraction of sp³-hybridized carbons (Fsp3) is 0.650. The van der Waals surface area contributed by atoms with Crippen molar-refractivity contribution in [1.29, 1.82) is 0 Å². The third kappa shape index (κ3) is 4.17. The quantitative estimate of drug-likeness (QED) is 0.843. The van der Waals surface area contributed by atoms with Gasteiger partial charge < -0.3 is 15.5 Å². The molecule has 2 heterocycles. The summed E-state index contributed by atoms with van der Waals surface area (Å²) in [6.07, 6.45) is 5.58. The minimum Gasteiger partial charge on any atom is -0.337 e. The molecule has 24 heavy (non-hydrogen) atoms. The Morgan fingerprint density at radius 1 is 1.25 bits per heavy atom. The maximum Gasteiger partial charge on any atom is 0.240 e. The van der Waals surface area contributed by atoms with Crippen LogP contribution in [0.2, 0.25) is 0 Å². The van der Waals surface area contributed by atoms with E-state index in [2.05, 4.69) is 46.7 Å². The van der Waals surface area contributed by atoms with Crippen molar-refractivity contribution in [2.75, 3.05) is 26.2 Å². The Morgan fingerprint density at radius 2 is 2.00 bits per heavy atom. The molecule has 0 bridgehead atoms. The molecule has 2 N–H and O–H groups in total. The number of hydrogen-bond donors (Lipinski definition) is 2. The third-order valence-electron chi connectivity index (χ3n) is 5.63. The number of unbranched alkanes of at least 4 members (excludes halogenated alkanes) is 1. The molecule has 4 heteroatoms. The van der Waals surface area contributed by atoms with Gasteiger partial charge in [-0.1, -0.05) is 43.7 Å². The Balaban J connectivity index is 1.64. The Kier molecular flexibility index (Phi) is 5.90. The second kappa shape index (κ2) is 8.13. The van der Waals surface area contributed by atoms with Crippen LogP contribution in [0.3, 0.4) is 0 Å². The minimum absolute atomic E-state index is 0.00340. The summed E-state index contributed by atoms with van der Waals surface area (Å²) in [5.41, 5.74) is 1.56. The van der Waals surface area contributed by atoms with Crippen LogP contribution in [-0.4, -0.2) is 43.0 Å². The number of hydrogen-bond acceptors (Lipinski definition) is 3. The number of nitrogens with one attached hydrogen (secondary N) is 2. The van der Waals surface area contributed by atoms with Crippen molar-refractivity contribution in [1.82, 2.24) is 15.5 Å². The highest BCUT2D eigenvalue weighted by Crippen LogP contribution is 2.37. The van der Waals surface area contributed by atoms with Gasteiger partial charge in [-0.15, -0.1) is 0 Å². The highest BCUT2D eigenvalue weighted by atomic mass is 16.2. The Labute approximate surface area is 146 Å². The van der Waals surface area contributed by atoms with Crippen LogP contribution >= 0.6 is 0 Å². The maximum absolute atomic E-state index is 13.1. The van der Waals surface area contributed by atoms with Gasteiger partial charge in [-0.3, -0.25) is 4.79 Å². The number of carbonyl (C=O) groups excluding carboxylic acids is 1. The summed E-state index contributed by atoms with van der Waals surface area (Å²) in [5, 5.41) is 6.98. The van der Waals surface area contributed by atoms with Crippen molar-refractivity contribution in [3.63, 3.8) is 0 Å². The largest absolute Gasteiger partial charge is 0.337 e. The number of benzene rings is 1. The van der Waals surface area contributed by atoms with E-state index >= 15 is 0 Å². The molecular weight excluding hydrogens is 298 g/mol. The molecule has 132 valence electrons. The van der Waals surface area contributed by atoms with Gasteiger partial charge in [-0.2, -0.15) is 0 Å². The Morgan fingerprint density at radius 3 is 2.71 bits per heavy atom. The van der Waals surface area contributed by atoms with E-state index in [0.29, 0.717) is 11.3 Å². The molecule has 1 aromatic carbocycles. The van der Waals surface area contributed by atoms with Crippen LogP contribution in [0, 0.1) is 5.41 Å². The fourth-order valence-electron chi connectivity index (χ4n) is 4.07. The second-order valence-electron chi connectivity index (χ2n) is 7.49. The van der Waals surface area contributed by atoms with Gasteiger partial charge in [0, 0.05) is 19.6 Å². The van der Waals surface area contributed by atoms with Crippen LogP contribution in [0.5, 0.6) is 0 Å². The summed E-state index contributed by atoms with van der Waals surface area (Å²) in [4.78, 5) is 15.2. The molecule has 2 saturated heterocycles. The zero-order valence-electron chi connectivity index (χ0n) is 14.9.